The van der Waals surface area contributed by atoms with Crippen molar-refractivity contribution in [2.24, 2.45) is 0 Å². The van der Waals surface area contributed by atoms with E-state index in [4.69, 9.17) is 17.0 Å². The third-order valence-electron chi connectivity index (χ3n) is 0.356. The van der Waals surface area contributed by atoms with Crippen LogP contribution in [0.3, 0.4) is 0 Å². The summed E-state index contributed by atoms with van der Waals surface area (Å²) in [7, 11) is 1.45. The lowest BCUT2D eigenvalue weighted by atomic mass is 10.8. The van der Waals surface area contributed by atoms with Crippen LogP contribution < -0.4 is 0 Å². The monoisotopic (exact) mass is 107 g/mol. The molecule has 2 nitrogen and oxygen atoms in total. The lowest BCUT2D eigenvalue weighted by Crippen LogP contribution is -1.99. The van der Waals surface area contributed by atoms with Crippen molar-refractivity contribution in [2.75, 3.05) is 7.11 Å². The predicted molar refractivity (Wildman–Crippen MR) is 25.4 cm³/mol. The molecule has 0 spiro atoms. The molecule has 0 amide bonds. The van der Waals surface area contributed by atoms with E-state index in [-0.39, 0.29) is 0 Å². The Bertz CT molecular complexity index is 48.1. The molecule has 0 saturated heterocycles. The topological polar surface area (TPSA) is 33.1 Å². The first-order chi connectivity index (χ1) is 2.81. The number of alkyl halides is 1. The van der Waals surface area contributed by atoms with Crippen molar-refractivity contribution in [1.82, 2.24) is 0 Å². The Morgan fingerprint density at radius 1 is 2.00 bits per heavy atom. The number of nitrogens with one attached hydrogen (secondary N) is 1. The molecule has 0 heterocycles. The van der Waals surface area contributed by atoms with Crippen molar-refractivity contribution in [3.05, 3.63) is 0 Å². The SMILES string of the molecule is COC(Cl)C=N. The Balaban J connectivity index is 2.96. The fourth-order valence-corrected chi connectivity index (χ4v) is 0.0680. The molecule has 0 aliphatic carbocycles. The number of rotatable bonds is 2. The van der Waals surface area contributed by atoms with Gasteiger partial charge in [-0.15, -0.1) is 0 Å². The van der Waals surface area contributed by atoms with Crippen molar-refractivity contribution < 1.29 is 4.74 Å². The molecule has 0 aliphatic heterocycles. The first kappa shape index (κ1) is 5.92. The van der Waals surface area contributed by atoms with Gasteiger partial charge in [0.1, 0.15) is 0 Å². The minimum atomic E-state index is -0.551. The highest BCUT2D eigenvalue weighted by molar-refractivity contribution is 6.26. The first-order valence-corrected chi connectivity index (χ1v) is 1.92. The molecule has 0 aromatic carbocycles. The van der Waals surface area contributed by atoms with Crippen LogP contribution in [0.25, 0.3) is 0 Å². The number of methoxy groups -OCH3 is 1. The summed E-state index contributed by atoms with van der Waals surface area (Å²) in [5, 5.41) is 6.43. The van der Waals surface area contributed by atoms with Crippen LogP contribution in [0.2, 0.25) is 0 Å². The molecular weight excluding hydrogens is 101 g/mol. The van der Waals surface area contributed by atoms with Gasteiger partial charge in [-0.2, -0.15) is 0 Å². The van der Waals surface area contributed by atoms with E-state index in [1.54, 1.807) is 0 Å². The quantitative estimate of drug-likeness (QED) is 0.412. The van der Waals surface area contributed by atoms with Crippen molar-refractivity contribution in [2.45, 2.75) is 5.56 Å². The highest BCUT2D eigenvalue weighted by Gasteiger charge is 1.88. The molecule has 0 radical (unpaired) electrons. The lowest BCUT2D eigenvalue weighted by molar-refractivity contribution is 0.218. The molecule has 6 heavy (non-hydrogen) atoms. The van der Waals surface area contributed by atoms with Crippen molar-refractivity contribution in [3.8, 4) is 0 Å². The van der Waals surface area contributed by atoms with Crippen LogP contribution in [0.15, 0.2) is 0 Å². The molecule has 0 aromatic heterocycles. The van der Waals surface area contributed by atoms with Gasteiger partial charge in [0.05, 0.1) is 0 Å². The van der Waals surface area contributed by atoms with Gasteiger partial charge in [-0.25, -0.2) is 0 Å². The van der Waals surface area contributed by atoms with E-state index in [1.807, 2.05) is 0 Å². The molecular formula is C3H6ClNO. The summed E-state index contributed by atoms with van der Waals surface area (Å²) in [5.41, 5.74) is -0.551. The summed E-state index contributed by atoms with van der Waals surface area (Å²) < 4.78 is 4.42. The maximum absolute atomic E-state index is 6.43. The third-order valence-corrected chi connectivity index (χ3v) is 0.660. The maximum atomic E-state index is 6.43. The molecule has 0 aromatic rings. The number of ether oxygens (including phenoxy) is 1. The zero-order valence-corrected chi connectivity index (χ0v) is 4.20. The second-order valence-electron chi connectivity index (χ2n) is 0.754. The number of hydrogen-bond acceptors (Lipinski definition) is 2. The molecule has 36 valence electrons. The highest BCUT2D eigenvalue weighted by atomic mass is 35.5. The van der Waals surface area contributed by atoms with Crippen molar-refractivity contribution in [1.29, 1.82) is 5.41 Å². The zero-order valence-electron chi connectivity index (χ0n) is 3.44. The van der Waals surface area contributed by atoms with Gasteiger partial charge >= 0.3 is 0 Å². The summed E-state index contributed by atoms with van der Waals surface area (Å²) in [6.45, 7) is 0. The van der Waals surface area contributed by atoms with E-state index in [2.05, 4.69) is 4.74 Å². The van der Waals surface area contributed by atoms with Gasteiger partial charge in [0, 0.05) is 13.3 Å². The van der Waals surface area contributed by atoms with Crippen molar-refractivity contribution >= 4 is 17.8 Å². The van der Waals surface area contributed by atoms with Gasteiger partial charge < -0.3 is 10.1 Å². The standard InChI is InChI=1S/C3H6ClNO/c1-6-3(4)2-5/h2-3,5H,1H3. The smallest absolute Gasteiger partial charge is 0.165 e. The fourth-order valence-electron chi connectivity index (χ4n) is 0.0680. The van der Waals surface area contributed by atoms with Crippen molar-refractivity contribution in [3.63, 3.8) is 0 Å². The summed E-state index contributed by atoms with van der Waals surface area (Å²) in [5.74, 6) is 0. The van der Waals surface area contributed by atoms with Crippen LogP contribution >= 0.6 is 11.6 Å². The third kappa shape index (κ3) is 2.18. The Kier molecular flexibility index (Phi) is 3.08. The van der Waals surface area contributed by atoms with Crippen LogP contribution in [-0.2, 0) is 4.74 Å². The summed E-state index contributed by atoms with van der Waals surface area (Å²) in [6.07, 6.45) is 1.02. The molecule has 3 heteroatoms. The molecule has 1 unspecified atom stereocenters. The predicted octanol–water partition coefficient (Wildman–Crippen LogP) is 0.847. The van der Waals surface area contributed by atoms with Crippen LogP contribution in [0.1, 0.15) is 0 Å². The van der Waals surface area contributed by atoms with Gasteiger partial charge in [0.25, 0.3) is 0 Å². The molecule has 0 bridgehead atoms. The van der Waals surface area contributed by atoms with Gasteiger partial charge in [-0.1, -0.05) is 11.6 Å². The summed E-state index contributed by atoms with van der Waals surface area (Å²) in [4.78, 5) is 0. The highest BCUT2D eigenvalue weighted by Crippen LogP contribution is 1.87. The maximum Gasteiger partial charge on any atom is 0.165 e. The molecule has 0 saturated carbocycles. The number of hydrogen-bond donors (Lipinski definition) is 1. The summed E-state index contributed by atoms with van der Waals surface area (Å²) >= 11 is 5.18. The normalized spacial score (nSPS) is 13.7. The van der Waals surface area contributed by atoms with Crippen LogP contribution in [0, 0.1) is 5.41 Å². The van der Waals surface area contributed by atoms with Crippen LogP contribution in [0.4, 0.5) is 0 Å². The average Bonchev–Trinajstić information content (AvgIpc) is 1.65. The average molecular weight is 108 g/mol. The largest absolute Gasteiger partial charge is 0.360 e. The number of halogens is 1. The van der Waals surface area contributed by atoms with E-state index in [9.17, 15) is 0 Å². The van der Waals surface area contributed by atoms with E-state index < -0.39 is 5.56 Å². The summed E-state index contributed by atoms with van der Waals surface area (Å²) in [6, 6.07) is 0. The van der Waals surface area contributed by atoms with Gasteiger partial charge in [0.2, 0.25) is 0 Å². The first-order valence-electron chi connectivity index (χ1n) is 1.48. The van der Waals surface area contributed by atoms with Crippen LogP contribution in [0.5, 0.6) is 0 Å². The van der Waals surface area contributed by atoms with Gasteiger partial charge in [-0.3, -0.25) is 0 Å². The minimum Gasteiger partial charge on any atom is -0.360 e. The second kappa shape index (κ2) is 3.12. The Labute approximate surface area is 41.6 Å². The molecule has 0 aliphatic rings. The fraction of sp³-hybridized carbons (Fsp3) is 0.667. The van der Waals surface area contributed by atoms with E-state index in [0.717, 1.165) is 6.21 Å². The lowest BCUT2D eigenvalue weighted by Gasteiger charge is -1.93. The zero-order chi connectivity index (χ0) is 4.99. The van der Waals surface area contributed by atoms with E-state index in [0.29, 0.717) is 0 Å². The van der Waals surface area contributed by atoms with Gasteiger partial charge in [-0.05, 0) is 0 Å². The van der Waals surface area contributed by atoms with Gasteiger partial charge in [0.15, 0.2) is 5.56 Å². The second-order valence-corrected chi connectivity index (χ2v) is 1.18. The van der Waals surface area contributed by atoms with E-state index >= 15 is 0 Å². The van der Waals surface area contributed by atoms with E-state index in [1.165, 1.54) is 7.11 Å². The minimum absolute atomic E-state index is 0.551. The molecule has 0 rings (SSSR count). The molecule has 0 fully saturated rings. The molecule has 1 N–H and O–H groups in total. The Morgan fingerprint density at radius 3 is 2.50 bits per heavy atom. The van der Waals surface area contributed by atoms with Crippen LogP contribution in [-0.4, -0.2) is 18.9 Å². The Hall–Kier alpha value is -0.0800. The Morgan fingerprint density at radius 2 is 2.50 bits per heavy atom. The molecule has 1 atom stereocenters.